The van der Waals surface area contributed by atoms with Gasteiger partial charge in [0.15, 0.2) is 16.4 Å². The number of sulfone groups is 1. The van der Waals surface area contributed by atoms with Gasteiger partial charge in [-0.15, -0.1) is 11.8 Å². The van der Waals surface area contributed by atoms with E-state index in [9.17, 15) is 23.1 Å². The van der Waals surface area contributed by atoms with Crippen molar-refractivity contribution in [2.75, 3.05) is 42.4 Å². The summed E-state index contributed by atoms with van der Waals surface area (Å²) in [4.78, 5) is 29.0. The third kappa shape index (κ3) is 8.51. The van der Waals surface area contributed by atoms with E-state index in [0.717, 1.165) is 24.9 Å². The maximum Gasteiger partial charge on any atom is 0.258 e. The lowest BCUT2D eigenvalue weighted by Crippen LogP contribution is -2.42. The second-order valence-electron chi connectivity index (χ2n) is 11.5. The number of phenolic OH excluding ortho intramolecular Hbond substituents is 1. The molecule has 0 saturated carbocycles. The van der Waals surface area contributed by atoms with Gasteiger partial charge in [0.25, 0.3) is 5.91 Å². The highest BCUT2D eigenvalue weighted by Crippen LogP contribution is 2.47. The first-order chi connectivity index (χ1) is 22.1. The number of rotatable bonds is 14. The molecule has 0 fully saturated rings. The van der Waals surface area contributed by atoms with Crippen LogP contribution in [-0.2, 0) is 19.4 Å². The molecule has 0 saturated heterocycles. The predicted molar refractivity (Wildman–Crippen MR) is 187 cm³/mol. The normalized spacial score (nSPS) is 17.8. The van der Waals surface area contributed by atoms with E-state index in [1.54, 1.807) is 18.2 Å². The molecule has 12 heteroatoms. The number of thioether (sulfide) groups is 1. The number of amides is 2. The number of thiol groups is 1. The molecule has 3 N–H and O–H groups in total. The van der Waals surface area contributed by atoms with Crippen molar-refractivity contribution >= 4 is 57.4 Å². The number of carbonyl (C=O) groups excluding carboxylic acids is 2. The predicted octanol–water partition coefficient (Wildman–Crippen LogP) is 5.91. The molecule has 1 heterocycles. The summed E-state index contributed by atoms with van der Waals surface area (Å²) in [6.45, 7) is 4.60. The van der Waals surface area contributed by atoms with Gasteiger partial charge in [0, 0.05) is 36.0 Å². The second kappa shape index (κ2) is 16.0. The molecule has 0 aromatic heterocycles. The molecule has 0 aliphatic carbocycles. The zero-order valence-corrected chi connectivity index (χ0v) is 29.0. The first kappa shape index (κ1) is 35.5. The second-order valence-corrected chi connectivity index (χ2v) is 14.8. The molecule has 2 atom stereocenters. The standard InChI is InChI=1S/C34H43N3O6S3/c1-4-6-16-34(5-2)22-37(25-10-8-7-9-11-25)27-19-29(45-3)28(20-30(27)46(41,42)23-34)43-21-31(39)36-32(33(40)35-17-18-44)24-12-14-26(38)15-13-24/h7-15,19-20,32,38,44H,4-6,16-18,21-23H2,1-3H3,(H,35,40)(H,36,39)/t32-,34?/m1/s1. The van der Waals surface area contributed by atoms with Crippen molar-refractivity contribution in [3.05, 3.63) is 72.3 Å². The molecular formula is C34H43N3O6S3. The van der Waals surface area contributed by atoms with Crippen molar-refractivity contribution in [2.45, 2.75) is 55.4 Å². The lowest BCUT2D eigenvalue weighted by Gasteiger charge is -2.36. The summed E-state index contributed by atoms with van der Waals surface area (Å²) in [6.07, 6.45) is 5.28. The monoisotopic (exact) mass is 685 g/mol. The van der Waals surface area contributed by atoms with E-state index in [-0.39, 0.29) is 22.1 Å². The lowest BCUT2D eigenvalue weighted by atomic mass is 9.81. The SMILES string of the molecule is CCCCC1(CC)CN(c2ccccc2)c2cc(SC)c(OCC(=O)N[C@@H](C(=O)NCCS)c3ccc(O)cc3)cc2S(=O)(=O)C1. The fourth-order valence-corrected chi connectivity index (χ4v) is 8.57. The molecule has 4 rings (SSSR count). The summed E-state index contributed by atoms with van der Waals surface area (Å²) in [5, 5.41) is 15.1. The Morgan fingerprint density at radius 2 is 1.83 bits per heavy atom. The minimum absolute atomic E-state index is 0.0150. The Bertz CT molecular complexity index is 1600. The lowest BCUT2D eigenvalue weighted by molar-refractivity contribution is -0.130. The minimum atomic E-state index is -3.75. The molecule has 0 radical (unpaired) electrons. The summed E-state index contributed by atoms with van der Waals surface area (Å²) >= 11 is 5.53. The molecule has 248 valence electrons. The van der Waals surface area contributed by atoms with E-state index >= 15 is 0 Å². The van der Waals surface area contributed by atoms with Crippen molar-refractivity contribution < 1.29 is 27.9 Å². The van der Waals surface area contributed by atoms with E-state index in [0.29, 0.717) is 41.4 Å². The number of phenols is 1. The first-order valence-electron chi connectivity index (χ1n) is 15.4. The zero-order chi connectivity index (χ0) is 33.3. The first-order valence-corrected chi connectivity index (χ1v) is 18.9. The Labute approximate surface area is 281 Å². The minimum Gasteiger partial charge on any atom is -0.508 e. The van der Waals surface area contributed by atoms with Gasteiger partial charge >= 0.3 is 0 Å². The molecule has 1 aliphatic rings. The Balaban J connectivity index is 1.67. The van der Waals surface area contributed by atoms with Crippen LogP contribution in [0.2, 0.25) is 0 Å². The van der Waals surface area contributed by atoms with Crippen molar-refractivity contribution in [3.63, 3.8) is 0 Å². The van der Waals surface area contributed by atoms with Crippen molar-refractivity contribution in [3.8, 4) is 11.5 Å². The maximum atomic E-state index is 14.1. The Kier molecular flexibility index (Phi) is 12.3. The molecule has 46 heavy (non-hydrogen) atoms. The van der Waals surface area contributed by atoms with Gasteiger partial charge < -0.3 is 25.4 Å². The highest BCUT2D eigenvalue weighted by Gasteiger charge is 2.42. The van der Waals surface area contributed by atoms with Crippen LogP contribution in [0.25, 0.3) is 0 Å². The van der Waals surface area contributed by atoms with E-state index in [2.05, 4.69) is 42.0 Å². The molecule has 3 aromatic carbocycles. The number of carbonyl (C=O) groups is 2. The highest BCUT2D eigenvalue weighted by molar-refractivity contribution is 7.98. The molecule has 0 spiro atoms. The number of hydrogen-bond donors (Lipinski definition) is 4. The number of fused-ring (bicyclic) bond motifs is 1. The average molecular weight is 686 g/mol. The van der Waals surface area contributed by atoms with Crippen LogP contribution in [0.5, 0.6) is 11.5 Å². The number of benzene rings is 3. The van der Waals surface area contributed by atoms with Crippen LogP contribution in [0.15, 0.2) is 76.5 Å². The van der Waals surface area contributed by atoms with Crippen LogP contribution in [0, 0.1) is 5.41 Å². The van der Waals surface area contributed by atoms with E-state index in [4.69, 9.17) is 4.74 Å². The van der Waals surface area contributed by atoms with Crippen molar-refractivity contribution in [2.24, 2.45) is 5.41 Å². The van der Waals surface area contributed by atoms with Gasteiger partial charge in [0.2, 0.25) is 5.91 Å². The Hall–Kier alpha value is -3.35. The zero-order valence-electron chi connectivity index (χ0n) is 26.5. The van der Waals surface area contributed by atoms with E-state index < -0.39 is 39.7 Å². The van der Waals surface area contributed by atoms with Crippen LogP contribution >= 0.6 is 24.4 Å². The summed E-state index contributed by atoms with van der Waals surface area (Å²) in [6, 6.07) is 18.2. The van der Waals surface area contributed by atoms with Gasteiger partial charge in [-0.1, -0.05) is 57.0 Å². The molecule has 0 bridgehead atoms. The highest BCUT2D eigenvalue weighted by atomic mass is 32.2. The van der Waals surface area contributed by atoms with Crippen molar-refractivity contribution in [1.29, 1.82) is 0 Å². The summed E-state index contributed by atoms with van der Waals surface area (Å²) in [5.74, 6) is -0.263. The molecule has 1 unspecified atom stereocenters. The summed E-state index contributed by atoms with van der Waals surface area (Å²) in [7, 11) is -3.75. The fraction of sp³-hybridized carbons (Fsp3) is 0.412. The number of anilines is 2. The third-order valence-electron chi connectivity index (χ3n) is 8.30. The van der Waals surface area contributed by atoms with Gasteiger partial charge in [0.1, 0.15) is 17.5 Å². The van der Waals surface area contributed by atoms with Gasteiger partial charge in [-0.05, 0) is 55.0 Å². The van der Waals surface area contributed by atoms with Crippen LogP contribution < -0.4 is 20.3 Å². The van der Waals surface area contributed by atoms with E-state index in [1.165, 1.54) is 23.9 Å². The molecule has 9 nitrogen and oxygen atoms in total. The largest absolute Gasteiger partial charge is 0.508 e. The topological polar surface area (TPSA) is 125 Å². The van der Waals surface area contributed by atoms with Crippen LogP contribution in [0.4, 0.5) is 11.4 Å². The maximum absolute atomic E-state index is 14.1. The van der Waals surface area contributed by atoms with E-state index in [1.807, 2.05) is 42.7 Å². The number of aromatic hydroxyl groups is 1. The molecule has 3 aromatic rings. The molecular weight excluding hydrogens is 643 g/mol. The summed E-state index contributed by atoms with van der Waals surface area (Å²) < 4.78 is 34.3. The number of ether oxygens (including phenoxy) is 1. The third-order valence-corrected chi connectivity index (χ3v) is 11.3. The fourth-order valence-electron chi connectivity index (χ4n) is 5.74. The number of para-hydroxylation sites is 1. The Morgan fingerprint density at radius 1 is 1.11 bits per heavy atom. The van der Waals surface area contributed by atoms with Crippen LogP contribution in [0.1, 0.15) is 51.1 Å². The molecule has 2 amide bonds. The van der Waals surface area contributed by atoms with Crippen LogP contribution in [-0.4, -0.2) is 62.8 Å². The molecule has 1 aliphatic heterocycles. The number of nitrogens with one attached hydrogen (secondary N) is 2. The van der Waals surface area contributed by atoms with Gasteiger partial charge in [-0.2, -0.15) is 12.6 Å². The number of unbranched alkanes of at least 4 members (excludes halogenated alkanes) is 1. The van der Waals surface area contributed by atoms with Crippen LogP contribution in [0.3, 0.4) is 0 Å². The summed E-state index contributed by atoms with van der Waals surface area (Å²) in [5.41, 5.74) is 1.53. The quantitative estimate of drug-likeness (QED) is 0.122. The average Bonchev–Trinajstić information content (AvgIpc) is 3.16. The van der Waals surface area contributed by atoms with Gasteiger partial charge in [-0.3, -0.25) is 9.59 Å². The smallest absolute Gasteiger partial charge is 0.258 e. The number of hydrogen-bond acceptors (Lipinski definition) is 9. The van der Waals surface area contributed by atoms with Gasteiger partial charge in [-0.25, -0.2) is 8.42 Å². The van der Waals surface area contributed by atoms with Gasteiger partial charge in [0.05, 0.1) is 21.2 Å². The number of nitrogens with zero attached hydrogens (tertiary/aromatic N) is 1. The van der Waals surface area contributed by atoms with Crippen molar-refractivity contribution in [1.82, 2.24) is 10.6 Å². The Morgan fingerprint density at radius 3 is 2.46 bits per heavy atom.